The lowest BCUT2D eigenvalue weighted by Crippen LogP contribution is -2.22. The summed E-state index contributed by atoms with van der Waals surface area (Å²) >= 11 is 1.58. The van der Waals surface area contributed by atoms with Crippen LogP contribution in [0, 0.1) is 0 Å². The van der Waals surface area contributed by atoms with Gasteiger partial charge in [-0.25, -0.2) is 4.98 Å². The number of carbonyl (C=O) groups is 1. The van der Waals surface area contributed by atoms with Crippen LogP contribution in [0.15, 0.2) is 35.7 Å². The summed E-state index contributed by atoms with van der Waals surface area (Å²) in [6.45, 7) is 0. The minimum absolute atomic E-state index is 0.160. The normalized spacial score (nSPS) is 16.3. The van der Waals surface area contributed by atoms with Crippen molar-refractivity contribution in [2.45, 2.75) is 18.3 Å². The van der Waals surface area contributed by atoms with E-state index in [1.165, 1.54) is 7.11 Å². The fourth-order valence-electron chi connectivity index (χ4n) is 2.09. The van der Waals surface area contributed by atoms with Gasteiger partial charge in [0.05, 0.1) is 12.8 Å². The number of carbonyl (C=O) groups excluding carboxylic acids is 1. The Morgan fingerprint density at radius 1 is 1.33 bits per heavy atom. The smallest absolute Gasteiger partial charge is 0.317 e. The van der Waals surface area contributed by atoms with Gasteiger partial charge in [-0.2, -0.15) is 0 Å². The fourth-order valence-corrected chi connectivity index (χ4v) is 3.02. The van der Waals surface area contributed by atoms with Crippen molar-refractivity contribution < 1.29 is 9.53 Å². The zero-order valence-corrected chi connectivity index (χ0v) is 10.9. The summed E-state index contributed by atoms with van der Waals surface area (Å²) in [5, 5.41) is 2.94. The highest BCUT2D eigenvalue weighted by molar-refractivity contribution is 7.13. The van der Waals surface area contributed by atoms with Crippen LogP contribution in [0.2, 0.25) is 0 Å². The summed E-state index contributed by atoms with van der Waals surface area (Å²) in [5.41, 5.74) is 1.49. The maximum Gasteiger partial charge on any atom is 0.317 e. The number of hydrogen-bond acceptors (Lipinski definition) is 4. The molecule has 3 rings (SSSR count). The van der Waals surface area contributed by atoms with Crippen LogP contribution in [0.25, 0.3) is 10.6 Å². The molecule has 0 aliphatic heterocycles. The van der Waals surface area contributed by atoms with E-state index >= 15 is 0 Å². The number of benzene rings is 1. The molecule has 2 aromatic rings. The Morgan fingerprint density at radius 3 is 2.67 bits per heavy atom. The van der Waals surface area contributed by atoms with Crippen LogP contribution in [0.4, 0.5) is 0 Å². The maximum atomic E-state index is 11.8. The molecule has 0 bridgehead atoms. The zero-order chi connectivity index (χ0) is 12.6. The van der Waals surface area contributed by atoms with Gasteiger partial charge in [0.15, 0.2) is 0 Å². The van der Waals surface area contributed by atoms with E-state index in [2.05, 4.69) is 4.98 Å². The number of hydrogen-bond donors (Lipinski definition) is 0. The molecule has 0 atom stereocenters. The molecular formula is C14H13NO2S. The largest absolute Gasteiger partial charge is 0.468 e. The third-order valence-corrected chi connectivity index (χ3v) is 4.23. The van der Waals surface area contributed by atoms with Gasteiger partial charge >= 0.3 is 5.97 Å². The molecule has 92 valence electrons. The van der Waals surface area contributed by atoms with Gasteiger partial charge in [-0.3, -0.25) is 4.79 Å². The van der Waals surface area contributed by atoms with E-state index in [1.807, 2.05) is 35.7 Å². The molecule has 0 spiro atoms. The van der Waals surface area contributed by atoms with E-state index in [1.54, 1.807) is 11.3 Å². The Morgan fingerprint density at radius 2 is 2.06 bits per heavy atom. The first-order valence-corrected chi connectivity index (χ1v) is 6.74. The lowest BCUT2D eigenvalue weighted by molar-refractivity contribution is -0.143. The fraction of sp³-hybridized carbons (Fsp3) is 0.286. The number of esters is 1. The van der Waals surface area contributed by atoms with Crippen LogP contribution in [0.3, 0.4) is 0 Å². The Labute approximate surface area is 109 Å². The molecule has 0 unspecified atom stereocenters. The van der Waals surface area contributed by atoms with E-state index in [9.17, 15) is 4.79 Å². The monoisotopic (exact) mass is 259 g/mol. The van der Waals surface area contributed by atoms with Crippen molar-refractivity contribution in [2.75, 3.05) is 7.11 Å². The number of methoxy groups -OCH3 is 1. The Kier molecular flexibility index (Phi) is 2.67. The van der Waals surface area contributed by atoms with Crippen LogP contribution in [-0.4, -0.2) is 18.1 Å². The van der Waals surface area contributed by atoms with Crippen molar-refractivity contribution >= 4 is 17.3 Å². The standard InChI is InChI=1S/C14H13NO2S/c1-17-13(16)14(7-8-14)11-9-18-12(15-11)10-5-3-2-4-6-10/h2-6,9H,7-8H2,1H3. The van der Waals surface area contributed by atoms with Crippen molar-refractivity contribution in [3.8, 4) is 10.6 Å². The quantitative estimate of drug-likeness (QED) is 0.795. The molecule has 0 amide bonds. The average molecular weight is 259 g/mol. The van der Waals surface area contributed by atoms with Crippen molar-refractivity contribution in [1.29, 1.82) is 0 Å². The number of ether oxygens (including phenoxy) is 1. The summed E-state index contributed by atoms with van der Waals surface area (Å²) in [6.07, 6.45) is 1.69. The van der Waals surface area contributed by atoms with Crippen LogP contribution in [0.5, 0.6) is 0 Å². The van der Waals surface area contributed by atoms with E-state index in [-0.39, 0.29) is 5.97 Å². The molecule has 1 aromatic carbocycles. The minimum Gasteiger partial charge on any atom is -0.468 e. The van der Waals surface area contributed by atoms with Gasteiger partial charge in [-0.05, 0) is 12.8 Å². The Balaban J connectivity index is 1.94. The third-order valence-electron chi connectivity index (χ3n) is 3.34. The highest BCUT2D eigenvalue weighted by atomic mass is 32.1. The molecule has 1 heterocycles. The number of aromatic nitrogens is 1. The first-order valence-electron chi connectivity index (χ1n) is 5.86. The summed E-state index contributed by atoms with van der Waals surface area (Å²) in [5.74, 6) is -0.160. The number of thiazole rings is 1. The number of rotatable bonds is 3. The lowest BCUT2D eigenvalue weighted by Gasteiger charge is -2.08. The molecule has 0 N–H and O–H groups in total. The van der Waals surface area contributed by atoms with E-state index in [4.69, 9.17) is 4.74 Å². The predicted octanol–water partition coefficient (Wildman–Crippen LogP) is 3.01. The van der Waals surface area contributed by atoms with Crippen molar-refractivity contribution in [3.05, 3.63) is 41.4 Å². The number of nitrogens with zero attached hydrogens (tertiary/aromatic N) is 1. The molecule has 1 fully saturated rings. The highest BCUT2D eigenvalue weighted by Gasteiger charge is 2.54. The van der Waals surface area contributed by atoms with Crippen LogP contribution in [-0.2, 0) is 14.9 Å². The van der Waals surface area contributed by atoms with Crippen molar-refractivity contribution in [2.24, 2.45) is 0 Å². The SMILES string of the molecule is COC(=O)C1(c2csc(-c3ccccc3)n2)CC1. The summed E-state index contributed by atoms with van der Waals surface area (Å²) in [6, 6.07) is 10.0. The van der Waals surface area contributed by atoms with Crippen LogP contribution < -0.4 is 0 Å². The zero-order valence-electron chi connectivity index (χ0n) is 10.1. The summed E-state index contributed by atoms with van der Waals surface area (Å²) in [4.78, 5) is 16.4. The molecule has 1 aliphatic rings. The third kappa shape index (κ3) is 1.73. The molecule has 1 saturated carbocycles. The second-order valence-electron chi connectivity index (χ2n) is 4.48. The van der Waals surface area contributed by atoms with Crippen molar-refractivity contribution in [1.82, 2.24) is 4.98 Å². The van der Waals surface area contributed by atoms with Gasteiger partial charge in [-0.15, -0.1) is 11.3 Å². The van der Waals surface area contributed by atoms with E-state index in [0.29, 0.717) is 0 Å². The minimum atomic E-state index is -0.460. The maximum absolute atomic E-state index is 11.8. The van der Waals surface area contributed by atoms with Gasteiger partial charge in [0.25, 0.3) is 0 Å². The molecule has 18 heavy (non-hydrogen) atoms. The molecule has 0 radical (unpaired) electrons. The molecule has 4 heteroatoms. The summed E-state index contributed by atoms with van der Waals surface area (Å²) in [7, 11) is 1.44. The van der Waals surface area contributed by atoms with Gasteiger partial charge in [0.1, 0.15) is 10.4 Å². The van der Waals surface area contributed by atoms with Gasteiger partial charge in [0.2, 0.25) is 0 Å². The highest BCUT2D eigenvalue weighted by Crippen LogP contribution is 2.49. The first-order chi connectivity index (χ1) is 8.76. The van der Waals surface area contributed by atoms with Gasteiger partial charge < -0.3 is 4.74 Å². The molecule has 1 aliphatic carbocycles. The molecule has 3 nitrogen and oxygen atoms in total. The molecular weight excluding hydrogens is 246 g/mol. The predicted molar refractivity (Wildman–Crippen MR) is 70.5 cm³/mol. The second kappa shape index (κ2) is 4.21. The summed E-state index contributed by atoms with van der Waals surface area (Å²) < 4.78 is 4.87. The Hall–Kier alpha value is -1.68. The first kappa shape index (κ1) is 11.4. The van der Waals surface area contributed by atoms with Gasteiger partial charge in [0, 0.05) is 10.9 Å². The van der Waals surface area contributed by atoms with Gasteiger partial charge in [-0.1, -0.05) is 30.3 Å². The Bertz CT molecular complexity index is 572. The average Bonchev–Trinajstić information content (AvgIpc) is 3.09. The van der Waals surface area contributed by atoms with E-state index < -0.39 is 5.41 Å². The molecule has 1 aromatic heterocycles. The van der Waals surface area contributed by atoms with E-state index in [0.717, 1.165) is 29.1 Å². The lowest BCUT2D eigenvalue weighted by atomic mass is 10.0. The molecule has 0 saturated heterocycles. The van der Waals surface area contributed by atoms with Crippen molar-refractivity contribution in [3.63, 3.8) is 0 Å². The topological polar surface area (TPSA) is 39.2 Å². The second-order valence-corrected chi connectivity index (χ2v) is 5.34. The van der Waals surface area contributed by atoms with Crippen LogP contribution in [0.1, 0.15) is 18.5 Å². The van der Waals surface area contributed by atoms with Crippen LogP contribution >= 0.6 is 11.3 Å².